The van der Waals surface area contributed by atoms with Crippen molar-refractivity contribution in [2.75, 3.05) is 6.61 Å². The van der Waals surface area contributed by atoms with Crippen LogP contribution in [-0.4, -0.2) is 24.7 Å². The number of hydrogen-bond acceptors (Lipinski definition) is 3. The number of alkyl halides is 3. The molecule has 2 aromatic rings. The third-order valence-corrected chi connectivity index (χ3v) is 3.34. The number of ether oxygens (including phenoxy) is 1. The Hall–Kier alpha value is -3.07. The largest absolute Gasteiger partial charge is 0.411 e. The van der Waals surface area contributed by atoms with Crippen molar-refractivity contribution in [1.29, 1.82) is 0 Å². The van der Waals surface area contributed by atoms with Crippen LogP contribution in [0.5, 0.6) is 0 Å². The lowest BCUT2D eigenvalue weighted by Crippen LogP contribution is -2.46. The Morgan fingerprint density at radius 1 is 0.889 bits per heavy atom. The molecule has 0 atom stereocenters. The summed E-state index contributed by atoms with van der Waals surface area (Å²) in [5.74, 6) is -0.450. The monoisotopic (exact) mass is 381 g/mol. The van der Waals surface area contributed by atoms with Gasteiger partial charge in [0.15, 0.2) is 0 Å². The zero-order chi connectivity index (χ0) is 19.7. The van der Waals surface area contributed by atoms with Gasteiger partial charge < -0.3 is 10.1 Å². The van der Waals surface area contributed by atoms with Gasteiger partial charge in [-0.25, -0.2) is 10.2 Å². The van der Waals surface area contributed by atoms with E-state index in [0.29, 0.717) is 11.1 Å². The summed E-state index contributed by atoms with van der Waals surface area (Å²) in [5, 5.41) is 2.54. The molecule has 3 N–H and O–H groups in total. The predicted octanol–water partition coefficient (Wildman–Crippen LogP) is 2.91. The van der Waals surface area contributed by atoms with Crippen LogP contribution in [0.15, 0.2) is 54.6 Å². The molecule has 0 fully saturated rings. The smallest absolute Gasteiger partial charge is 0.367 e. The number of hydrazine groups is 1. The summed E-state index contributed by atoms with van der Waals surface area (Å²) in [5.41, 5.74) is 6.22. The number of halogens is 3. The quantitative estimate of drug-likeness (QED) is 0.673. The van der Waals surface area contributed by atoms with Gasteiger partial charge in [-0.2, -0.15) is 13.2 Å². The van der Waals surface area contributed by atoms with Crippen molar-refractivity contribution >= 4 is 11.9 Å². The highest BCUT2D eigenvalue weighted by Crippen LogP contribution is 2.15. The molecule has 0 saturated carbocycles. The maximum atomic E-state index is 12.0. The lowest BCUT2D eigenvalue weighted by Gasteiger charge is -2.10. The summed E-state index contributed by atoms with van der Waals surface area (Å²) in [7, 11) is 0. The summed E-state index contributed by atoms with van der Waals surface area (Å²) in [6, 6.07) is 14.3. The third-order valence-electron chi connectivity index (χ3n) is 3.34. The first-order valence-corrected chi connectivity index (χ1v) is 7.95. The lowest BCUT2D eigenvalue weighted by molar-refractivity contribution is -0.176. The fourth-order valence-electron chi connectivity index (χ4n) is 2.04. The zero-order valence-electron chi connectivity index (χ0n) is 14.2. The maximum Gasteiger partial charge on any atom is 0.411 e. The first-order chi connectivity index (χ1) is 12.8. The van der Waals surface area contributed by atoms with Crippen LogP contribution in [0.4, 0.5) is 18.0 Å². The van der Waals surface area contributed by atoms with Crippen LogP contribution in [0, 0.1) is 0 Å². The number of nitrogens with one attached hydrogen (secondary N) is 3. The van der Waals surface area contributed by atoms with Gasteiger partial charge in [0, 0.05) is 12.1 Å². The van der Waals surface area contributed by atoms with Crippen molar-refractivity contribution in [3.05, 3.63) is 71.3 Å². The molecule has 27 heavy (non-hydrogen) atoms. The predicted molar refractivity (Wildman–Crippen MR) is 91.4 cm³/mol. The van der Waals surface area contributed by atoms with Gasteiger partial charge in [-0.3, -0.25) is 10.2 Å². The van der Waals surface area contributed by atoms with E-state index >= 15 is 0 Å². The highest BCUT2D eigenvalue weighted by atomic mass is 19.4. The normalized spacial score (nSPS) is 10.9. The Kier molecular flexibility index (Phi) is 7.18. The average molecular weight is 381 g/mol. The maximum absolute atomic E-state index is 12.0. The number of carbonyl (C=O) groups excluding carboxylic acids is 2. The van der Waals surface area contributed by atoms with Gasteiger partial charge in [0.25, 0.3) is 5.91 Å². The number of benzene rings is 2. The second-order valence-corrected chi connectivity index (χ2v) is 5.55. The molecule has 0 aromatic heterocycles. The van der Waals surface area contributed by atoms with Crippen LogP contribution in [-0.2, 0) is 17.9 Å². The summed E-state index contributed by atoms with van der Waals surface area (Å²) < 4.78 is 40.6. The Morgan fingerprint density at radius 2 is 1.52 bits per heavy atom. The molecule has 3 amide bonds. The molecule has 0 spiro atoms. The Morgan fingerprint density at radius 3 is 2.15 bits per heavy atom. The fraction of sp³-hybridized carbons (Fsp3) is 0.222. The van der Waals surface area contributed by atoms with E-state index in [-0.39, 0.29) is 13.2 Å². The number of rotatable bonds is 6. The van der Waals surface area contributed by atoms with E-state index in [1.807, 2.05) is 0 Å². The minimum Gasteiger partial charge on any atom is -0.367 e. The second kappa shape index (κ2) is 9.58. The van der Waals surface area contributed by atoms with Crippen molar-refractivity contribution in [1.82, 2.24) is 16.2 Å². The molecule has 2 rings (SSSR count). The van der Waals surface area contributed by atoms with E-state index in [4.69, 9.17) is 0 Å². The van der Waals surface area contributed by atoms with Gasteiger partial charge >= 0.3 is 12.2 Å². The standard InChI is InChI=1S/C18H18F3N3O3/c19-18(20,21)12-27-11-14-8-6-13(7-9-14)10-22-17(26)24-23-16(25)15-4-2-1-3-5-15/h1-9H,10-12H2,(H,23,25)(H2,22,24,26). The molecule has 0 aliphatic rings. The van der Waals surface area contributed by atoms with Gasteiger partial charge in [0.2, 0.25) is 0 Å². The van der Waals surface area contributed by atoms with E-state index in [0.717, 1.165) is 5.56 Å². The minimum absolute atomic E-state index is 0.154. The molecule has 0 radical (unpaired) electrons. The van der Waals surface area contributed by atoms with Crippen molar-refractivity contribution in [3.63, 3.8) is 0 Å². The van der Waals surface area contributed by atoms with E-state index in [1.54, 1.807) is 54.6 Å². The first kappa shape index (κ1) is 20.2. The van der Waals surface area contributed by atoms with Crippen molar-refractivity contribution in [3.8, 4) is 0 Å². The minimum atomic E-state index is -4.35. The van der Waals surface area contributed by atoms with E-state index < -0.39 is 24.7 Å². The molecular formula is C18H18F3N3O3. The van der Waals surface area contributed by atoms with Crippen LogP contribution in [0.25, 0.3) is 0 Å². The second-order valence-electron chi connectivity index (χ2n) is 5.55. The Bertz CT molecular complexity index is 750. The molecule has 0 heterocycles. The van der Waals surface area contributed by atoms with Crippen LogP contribution in [0.2, 0.25) is 0 Å². The van der Waals surface area contributed by atoms with Crippen LogP contribution >= 0.6 is 0 Å². The zero-order valence-corrected chi connectivity index (χ0v) is 14.2. The van der Waals surface area contributed by atoms with E-state index in [1.165, 1.54) is 0 Å². The summed E-state index contributed by atoms with van der Waals surface area (Å²) in [6.45, 7) is -1.28. The fourth-order valence-corrected chi connectivity index (χ4v) is 2.04. The molecule has 2 aromatic carbocycles. The number of carbonyl (C=O) groups is 2. The topological polar surface area (TPSA) is 79.5 Å². The number of hydrogen-bond donors (Lipinski definition) is 3. The van der Waals surface area contributed by atoms with Crippen LogP contribution in [0.1, 0.15) is 21.5 Å². The molecular weight excluding hydrogens is 363 g/mol. The van der Waals surface area contributed by atoms with Crippen molar-refractivity contribution < 1.29 is 27.5 Å². The molecule has 0 unspecified atom stereocenters. The summed E-state index contributed by atoms with van der Waals surface area (Å²) >= 11 is 0. The van der Waals surface area contributed by atoms with Gasteiger partial charge in [0.05, 0.1) is 6.61 Å². The molecule has 6 nitrogen and oxygen atoms in total. The first-order valence-electron chi connectivity index (χ1n) is 7.95. The molecule has 0 saturated heterocycles. The third kappa shape index (κ3) is 7.78. The molecule has 0 aliphatic carbocycles. The average Bonchev–Trinajstić information content (AvgIpc) is 2.65. The van der Waals surface area contributed by atoms with Gasteiger partial charge in [-0.1, -0.05) is 42.5 Å². The molecule has 144 valence electrons. The van der Waals surface area contributed by atoms with Crippen molar-refractivity contribution in [2.45, 2.75) is 19.3 Å². The Labute approximate surface area is 153 Å². The van der Waals surface area contributed by atoms with Crippen molar-refractivity contribution in [2.24, 2.45) is 0 Å². The van der Waals surface area contributed by atoms with E-state index in [2.05, 4.69) is 20.9 Å². The number of amides is 3. The Balaban J connectivity index is 1.69. The highest BCUT2D eigenvalue weighted by molar-refractivity contribution is 5.95. The van der Waals surface area contributed by atoms with Gasteiger partial charge in [-0.15, -0.1) is 0 Å². The van der Waals surface area contributed by atoms with E-state index in [9.17, 15) is 22.8 Å². The van der Waals surface area contributed by atoms with Gasteiger partial charge in [-0.05, 0) is 23.3 Å². The molecule has 9 heteroatoms. The summed E-state index contributed by atoms with van der Waals surface area (Å²) in [4.78, 5) is 23.5. The van der Waals surface area contributed by atoms with Crippen LogP contribution < -0.4 is 16.2 Å². The molecule has 0 bridgehead atoms. The SMILES string of the molecule is O=C(NCc1ccc(COCC(F)(F)F)cc1)NNC(=O)c1ccccc1. The lowest BCUT2D eigenvalue weighted by atomic mass is 10.1. The summed E-state index contributed by atoms with van der Waals surface area (Å²) in [6.07, 6.45) is -4.35. The highest BCUT2D eigenvalue weighted by Gasteiger charge is 2.27. The van der Waals surface area contributed by atoms with Crippen LogP contribution in [0.3, 0.4) is 0 Å². The number of urea groups is 1. The molecule has 0 aliphatic heterocycles. The van der Waals surface area contributed by atoms with Gasteiger partial charge in [0.1, 0.15) is 6.61 Å².